The van der Waals surface area contributed by atoms with Crippen LogP contribution in [0, 0.1) is 0 Å². The highest BCUT2D eigenvalue weighted by molar-refractivity contribution is 7.15. The van der Waals surface area contributed by atoms with Gasteiger partial charge in [-0.05, 0) is 12.1 Å². The molecule has 2 amide bonds. The predicted octanol–water partition coefficient (Wildman–Crippen LogP) is 1.56. The van der Waals surface area contributed by atoms with Crippen LogP contribution in [-0.4, -0.2) is 50.3 Å². The molecule has 0 bridgehead atoms. The first-order valence-electron chi connectivity index (χ1n) is 9.04. The molecule has 10 heteroatoms. The van der Waals surface area contributed by atoms with E-state index in [4.69, 9.17) is 10.8 Å². The van der Waals surface area contributed by atoms with Crippen LogP contribution >= 0.6 is 11.3 Å². The number of carbonyl (C=O) groups excluding carboxylic acids is 2. The number of carboxylic acids is 1. The summed E-state index contributed by atoms with van der Waals surface area (Å²) in [4.78, 5) is 45.8. The molecule has 1 unspecified atom stereocenters. The molecule has 1 atom stereocenters. The highest BCUT2D eigenvalue weighted by Crippen LogP contribution is 2.29. The molecule has 5 N–H and O–H groups in total. The van der Waals surface area contributed by atoms with Crippen molar-refractivity contribution in [3.8, 4) is 0 Å². The lowest BCUT2D eigenvalue weighted by atomic mass is 10.1. The molecule has 150 valence electrons. The Bertz CT molecular complexity index is 1070. The summed E-state index contributed by atoms with van der Waals surface area (Å²) in [6, 6.07) is 8.30. The number of para-hydroxylation sites is 1. The molecule has 0 saturated heterocycles. The second-order valence-electron chi connectivity index (χ2n) is 6.83. The molecule has 0 radical (unpaired) electrons. The maximum absolute atomic E-state index is 12.9. The fourth-order valence-electron chi connectivity index (χ4n) is 3.24. The third-order valence-corrected chi connectivity index (χ3v) is 5.75. The van der Waals surface area contributed by atoms with E-state index in [0.717, 1.165) is 21.5 Å². The Kier molecular flexibility index (Phi) is 5.03. The summed E-state index contributed by atoms with van der Waals surface area (Å²) in [6.07, 6.45) is 0.257. The molecule has 1 aliphatic heterocycles. The number of aromatic amines is 1. The zero-order chi connectivity index (χ0) is 20.5. The number of amides is 2. The third-order valence-electron chi connectivity index (χ3n) is 4.75. The van der Waals surface area contributed by atoms with Crippen LogP contribution < -0.4 is 11.1 Å². The van der Waals surface area contributed by atoms with Gasteiger partial charge in [0, 0.05) is 28.7 Å². The number of carboxylic acid groups (broad SMARTS) is 1. The molecule has 0 aliphatic carbocycles. The molecule has 4 rings (SSSR count). The number of hydrogen-bond donors (Lipinski definition) is 4. The lowest BCUT2D eigenvalue weighted by Gasteiger charge is -2.25. The van der Waals surface area contributed by atoms with Crippen LogP contribution in [0.15, 0.2) is 30.3 Å². The van der Waals surface area contributed by atoms with Crippen LogP contribution in [0.25, 0.3) is 10.9 Å². The molecule has 0 saturated carbocycles. The Balaban J connectivity index is 1.44. The number of anilines is 1. The average molecular weight is 413 g/mol. The quantitative estimate of drug-likeness (QED) is 0.500. The molecular formula is C19H19N5O4S. The van der Waals surface area contributed by atoms with Gasteiger partial charge in [0.05, 0.1) is 18.7 Å². The van der Waals surface area contributed by atoms with Gasteiger partial charge in [-0.25, -0.2) is 4.98 Å². The van der Waals surface area contributed by atoms with E-state index in [9.17, 15) is 14.4 Å². The van der Waals surface area contributed by atoms with Gasteiger partial charge < -0.3 is 26.0 Å². The molecule has 0 spiro atoms. The summed E-state index contributed by atoms with van der Waals surface area (Å²) in [7, 11) is 0. The fourth-order valence-corrected chi connectivity index (χ4v) is 4.28. The highest BCUT2D eigenvalue weighted by atomic mass is 32.1. The summed E-state index contributed by atoms with van der Waals surface area (Å²) < 4.78 is 0. The van der Waals surface area contributed by atoms with Crippen molar-refractivity contribution in [1.29, 1.82) is 0 Å². The third kappa shape index (κ3) is 3.98. The van der Waals surface area contributed by atoms with E-state index in [1.807, 2.05) is 30.3 Å². The number of carbonyl (C=O) groups is 3. The average Bonchev–Trinajstić information content (AvgIpc) is 3.29. The zero-order valence-electron chi connectivity index (χ0n) is 15.3. The molecule has 0 fully saturated rings. The van der Waals surface area contributed by atoms with Gasteiger partial charge in [-0.3, -0.25) is 14.4 Å². The van der Waals surface area contributed by atoms with Crippen LogP contribution in [0.3, 0.4) is 0 Å². The Morgan fingerprint density at radius 2 is 2.14 bits per heavy atom. The first kappa shape index (κ1) is 19.1. The second kappa shape index (κ2) is 7.64. The van der Waals surface area contributed by atoms with Gasteiger partial charge in [-0.1, -0.05) is 29.5 Å². The topological polar surface area (TPSA) is 141 Å². The summed E-state index contributed by atoms with van der Waals surface area (Å²) in [5.74, 6) is -1.82. The van der Waals surface area contributed by atoms with Crippen LogP contribution in [-0.2, 0) is 22.6 Å². The monoisotopic (exact) mass is 413 g/mol. The van der Waals surface area contributed by atoms with Gasteiger partial charge in [-0.15, -0.1) is 0 Å². The number of rotatable bonds is 5. The van der Waals surface area contributed by atoms with Gasteiger partial charge in [0.2, 0.25) is 5.91 Å². The van der Waals surface area contributed by atoms with Crippen molar-refractivity contribution in [3.05, 3.63) is 46.6 Å². The Hall–Kier alpha value is -3.24. The summed E-state index contributed by atoms with van der Waals surface area (Å²) in [5.41, 5.74) is 7.67. The van der Waals surface area contributed by atoms with Gasteiger partial charge >= 0.3 is 5.97 Å². The molecule has 1 aliphatic rings. The van der Waals surface area contributed by atoms with Crippen molar-refractivity contribution in [2.45, 2.75) is 25.4 Å². The summed E-state index contributed by atoms with van der Waals surface area (Å²) in [5, 5.41) is 12.8. The lowest BCUT2D eigenvalue weighted by molar-refractivity contribution is -0.140. The predicted molar refractivity (Wildman–Crippen MR) is 108 cm³/mol. The summed E-state index contributed by atoms with van der Waals surface area (Å²) in [6.45, 7) is 0.938. The number of aromatic nitrogens is 2. The maximum Gasteiger partial charge on any atom is 0.321 e. The molecule has 29 heavy (non-hydrogen) atoms. The van der Waals surface area contributed by atoms with Gasteiger partial charge in [-0.2, -0.15) is 0 Å². The van der Waals surface area contributed by atoms with Crippen molar-refractivity contribution in [3.63, 3.8) is 0 Å². The zero-order valence-corrected chi connectivity index (χ0v) is 16.2. The van der Waals surface area contributed by atoms with Crippen LogP contribution in [0.2, 0.25) is 0 Å². The van der Waals surface area contributed by atoms with Crippen molar-refractivity contribution in [2.24, 2.45) is 5.73 Å². The van der Waals surface area contributed by atoms with E-state index in [0.29, 0.717) is 30.3 Å². The molecule has 1 aromatic carbocycles. The smallest absolute Gasteiger partial charge is 0.321 e. The molecule has 9 nitrogen and oxygen atoms in total. The number of fused-ring (bicyclic) bond motifs is 2. The number of nitrogens with two attached hydrogens (primary N) is 1. The van der Waals surface area contributed by atoms with E-state index >= 15 is 0 Å². The minimum atomic E-state index is -1.26. The van der Waals surface area contributed by atoms with Gasteiger partial charge in [0.15, 0.2) is 5.13 Å². The Morgan fingerprint density at radius 3 is 2.90 bits per heavy atom. The van der Waals surface area contributed by atoms with Crippen molar-refractivity contribution >= 4 is 45.2 Å². The number of aliphatic carboxylic acids is 1. The highest BCUT2D eigenvalue weighted by Gasteiger charge is 2.26. The van der Waals surface area contributed by atoms with Gasteiger partial charge in [0.25, 0.3) is 5.91 Å². The van der Waals surface area contributed by atoms with E-state index in [2.05, 4.69) is 15.3 Å². The number of benzene rings is 1. The fraction of sp³-hybridized carbons (Fsp3) is 0.263. The van der Waals surface area contributed by atoms with Crippen molar-refractivity contribution < 1.29 is 19.5 Å². The van der Waals surface area contributed by atoms with Crippen molar-refractivity contribution in [2.75, 3.05) is 11.9 Å². The van der Waals surface area contributed by atoms with Gasteiger partial charge in [0.1, 0.15) is 11.7 Å². The largest absolute Gasteiger partial charge is 0.480 e. The first-order valence-corrected chi connectivity index (χ1v) is 9.86. The molecule has 3 aromatic rings. The number of nitrogens with one attached hydrogen (secondary N) is 2. The molecule has 3 heterocycles. The first-order chi connectivity index (χ1) is 13.9. The number of nitrogens with zero attached hydrogens (tertiary/aromatic N) is 2. The normalized spacial score (nSPS) is 14.4. The number of thiazole rings is 1. The van der Waals surface area contributed by atoms with E-state index in [1.54, 1.807) is 4.90 Å². The second-order valence-corrected chi connectivity index (χ2v) is 7.92. The summed E-state index contributed by atoms with van der Waals surface area (Å²) >= 11 is 1.29. The number of hydrogen-bond acceptors (Lipinski definition) is 6. The van der Waals surface area contributed by atoms with E-state index in [1.165, 1.54) is 11.3 Å². The Morgan fingerprint density at radius 1 is 1.34 bits per heavy atom. The van der Waals surface area contributed by atoms with E-state index < -0.39 is 17.9 Å². The standard InChI is InChI=1S/C19H19N5O4S/c20-11(18(27)28)8-16(25)23-19-22-13-5-6-24(9-15(13)29-19)17(26)14-7-10-3-1-2-4-12(10)21-14/h1-4,7,11,21H,5-6,8-9,20H2,(H,27,28)(H,22,23,25). The maximum atomic E-state index is 12.9. The van der Waals surface area contributed by atoms with Crippen molar-refractivity contribution in [1.82, 2.24) is 14.9 Å². The Labute approximate surface area is 169 Å². The minimum absolute atomic E-state index is 0.0849. The molecule has 2 aromatic heterocycles. The lowest BCUT2D eigenvalue weighted by Crippen LogP contribution is -2.35. The SMILES string of the molecule is NC(CC(=O)Nc1nc2c(s1)CN(C(=O)c1cc3ccccc3[nH]1)CC2)C(=O)O. The van der Waals surface area contributed by atoms with Crippen LogP contribution in [0.5, 0.6) is 0 Å². The minimum Gasteiger partial charge on any atom is -0.480 e. The van der Waals surface area contributed by atoms with Crippen LogP contribution in [0.1, 0.15) is 27.5 Å². The number of H-pyrrole nitrogens is 1. The van der Waals surface area contributed by atoms with Crippen LogP contribution in [0.4, 0.5) is 5.13 Å². The van der Waals surface area contributed by atoms with E-state index in [-0.39, 0.29) is 12.3 Å². The molecular weight excluding hydrogens is 394 g/mol.